The van der Waals surface area contributed by atoms with Gasteiger partial charge in [0.1, 0.15) is 12.3 Å². The smallest absolute Gasteiger partial charge is 0.264 e. The summed E-state index contributed by atoms with van der Waals surface area (Å²) in [5.74, 6) is -0.209. The van der Waals surface area contributed by atoms with Gasteiger partial charge in [0.05, 0.1) is 22.9 Å². The highest BCUT2D eigenvalue weighted by molar-refractivity contribution is 7.92. The molecule has 0 radical (unpaired) electrons. The van der Waals surface area contributed by atoms with Gasteiger partial charge in [-0.25, -0.2) is 13.8 Å². The molecule has 0 saturated carbocycles. The number of hydrogen-bond donors (Lipinski definition) is 1. The van der Waals surface area contributed by atoms with Crippen LogP contribution in [-0.4, -0.2) is 33.2 Å². The predicted molar refractivity (Wildman–Crippen MR) is 130 cm³/mol. The van der Waals surface area contributed by atoms with Crippen molar-refractivity contribution < 1.29 is 17.9 Å². The molecule has 172 valence electrons. The Balaban J connectivity index is 1.91. The highest BCUT2D eigenvalue weighted by atomic mass is 32.2. The van der Waals surface area contributed by atoms with E-state index in [-0.39, 0.29) is 10.6 Å². The standard InChI is InChI=1S/C25H27N3O4S/c1-4-32-24-13-9-8-12-23(24)28(33(30,31)22-10-6-5-7-11-22)18-25(29)27-26-20(3)21-16-14-19(2)15-17-21/h5-17H,4,18H2,1-3H3,(H,27,29)/b26-20-. The zero-order valence-electron chi connectivity index (χ0n) is 18.9. The first-order valence-electron chi connectivity index (χ1n) is 10.5. The molecule has 0 bridgehead atoms. The minimum Gasteiger partial charge on any atom is -0.492 e. The van der Waals surface area contributed by atoms with Crippen molar-refractivity contribution in [2.45, 2.75) is 25.7 Å². The number of para-hydroxylation sites is 2. The van der Waals surface area contributed by atoms with Crippen LogP contribution in [0.3, 0.4) is 0 Å². The van der Waals surface area contributed by atoms with Gasteiger partial charge in [-0.3, -0.25) is 9.10 Å². The number of hydrogen-bond acceptors (Lipinski definition) is 5. The number of nitrogens with zero attached hydrogens (tertiary/aromatic N) is 2. The molecule has 3 rings (SSSR count). The lowest BCUT2D eigenvalue weighted by Gasteiger charge is -2.25. The first kappa shape index (κ1) is 24.0. The molecule has 33 heavy (non-hydrogen) atoms. The molecule has 0 fully saturated rings. The molecular formula is C25H27N3O4S. The fraction of sp³-hybridized carbons (Fsp3) is 0.200. The molecule has 1 amide bonds. The van der Waals surface area contributed by atoms with Crippen molar-refractivity contribution in [1.29, 1.82) is 0 Å². The van der Waals surface area contributed by atoms with Crippen LogP contribution in [0.15, 0.2) is 88.9 Å². The van der Waals surface area contributed by atoms with Crippen LogP contribution in [0, 0.1) is 6.92 Å². The quantitative estimate of drug-likeness (QED) is 0.380. The van der Waals surface area contributed by atoms with E-state index in [0.717, 1.165) is 15.4 Å². The summed E-state index contributed by atoms with van der Waals surface area (Å²) in [4.78, 5) is 12.9. The average Bonchev–Trinajstić information content (AvgIpc) is 2.82. The van der Waals surface area contributed by atoms with Crippen molar-refractivity contribution in [2.75, 3.05) is 17.5 Å². The van der Waals surface area contributed by atoms with Crippen LogP contribution < -0.4 is 14.5 Å². The van der Waals surface area contributed by atoms with Crippen LogP contribution in [0.4, 0.5) is 5.69 Å². The lowest BCUT2D eigenvalue weighted by atomic mass is 10.1. The number of ether oxygens (including phenoxy) is 1. The second-order valence-electron chi connectivity index (χ2n) is 7.32. The van der Waals surface area contributed by atoms with Crippen LogP contribution in [0.25, 0.3) is 0 Å². The first-order valence-corrected chi connectivity index (χ1v) is 12.0. The number of sulfonamides is 1. The summed E-state index contributed by atoms with van der Waals surface area (Å²) in [5, 5.41) is 4.15. The van der Waals surface area contributed by atoms with Crippen LogP contribution >= 0.6 is 0 Å². The van der Waals surface area contributed by atoms with Gasteiger partial charge in [-0.15, -0.1) is 0 Å². The number of hydrazone groups is 1. The Kier molecular flexibility index (Phi) is 7.84. The van der Waals surface area contributed by atoms with Gasteiger partial charge in [0.25, 0.3) is 15.9 Å². The Hall–Kier alpha value is -3.65. The molecule has 0 aliphatic rings. The molecule has 0 aliphatic carbocycles. The Morgan fingerprint density at radius 1 is 0.970 bits per heavy atom. The van der Waals surface area contributed by atoms with Gasteiger partial charge < -0.3 is 4.74 Å². The van der Waals surface area contributed by atoms with Crippen molar-refractivity contribution in [2.24, 2.45) is 5.10 Å². The van der Waals surface area contributed by atoms with Crippen LogP contribution in [0.2, 0.25) is 0 Å². The summed E-state index contributed by atoms with van der Waals surface area (Å²) in [7, 11) is -4.04. The normalized spacial score (nSPS) is 11.7. The Bertz CT molecular complexity index is 1220. The second-order valence-corrected chi connectivity index (χ2v) is 9.19. The molecule has 0 atom stereocenters. The molecule has 0 spiro atoms. The number of carbonyl (C=O) groups is 1. The van der Waals surface area contributed by atoms with E-state index in [1.54, 1.807) is 49.4 Å². The third kappa shape index (κ3) is 5.98. The summed E-state index contributed by atoms with van der Waals surface area (Å²) >= 11 is 0. The van der Waals surface area contributed by atoms with E-state index in [1.807, 2.05) is 38.1 Å². The Morgan fingerprint density at radius 2 is 1.61 bits per heavy atom. The van der Waals surface area contributed by atoms with Crippen molar-refractivity contribution in [3.05, 3.63) is 90.0 Å². The molecule has 0 saturated heterocycles. The molecule has 3 aromatic rings. The monoisotopic (exact) mass is 465 g/mol. The van der Waals surface area contributed by atoms with E-state index in [0.29, 0.717) is 18.1 Å². The zero-order chi connectivity index (χ0) is 23.8. The highest BCUT2D eigenvalue weighted by Gasteiger charge is 2.29. The van der Waals surface area contributed by atoms with Crippen molar-refractivity contribution in [1.82, 2.24) is 5.43 Å². The lowest BCUT2D eigenvalue weighted by molar-refractivity contribution is -0.119. The van der Waals surface area contributed by atoms with Gasteiger partial charge in [-0.05, 0) is 50.6 Å². The number of benzene rings is 3. The largest absolute Gasteiger partial charge is 0.492 e. The number of amides is 1. The van der Waals surface area contributed by atoms with E-state index in [1.165, 1.54) is 12.1 Å². The predicted octanol–water partition coefficient (Wildman–Crippen LogP) is 4.13. The molecule has 0 aliphatic heterocycles. The highest BCUT2D eigenvalue weighted by Crippen LogP contribution is 2.32. The molecule has 0 aromatic heterocycles. The summed E-state index contributed by atoms with van der Waals surface area (Å²) in [6.45, 7) is 5.45. The van der Waals surface area contributed by atoms with Gasteiger partial charge in [0.2, 0.25) is 0 Å². The van der Waals surface area contributed by atoms with Crippen molar-refractivity contribution in [3.63, 3.8) is 0 Å². The topological polar surface area (TPSA) is 88.1 Å². The van der Waals surface area contributed by atoms with Gasteiger partial charge in [-0.1, -0.05) is 60.2 Å². The van der Waals surface area contributed by atoms with E-state index >= 15 is 0 Å². The Morgan fingerprint density at radius 3 is 2.27 bits per heavy atom. The van der Waals surface area contributed by atoms with E-state index in [4.69, 9.17) is 4.74 Å². The fourth-order valence-corrected chi connectivity index (χ4v) is 4.58. The summed E-state index contributed by atoms with van der Waals surface area (Å²) in [6.07, 6.45) is 0. The summed E-state index contributed by atoms with van der Waals surface area (Å²) in [6, 6.07) is 22.4. The van der Waals surface area contributed by atoms with Gasteiger partial charge in [-0.2, -0.15) is 5.10 Å². The average molecular weight is 466 g/mol. The number of anilines is 1. The fourth-order valence-electron chi connectivity index (χ4n) is 3.13. The summed E-state index contributed by atoms with van der Waals surface area (Å²) < 4.78 is 33.6. The van der Waals surface area contributed by atoms with E-state index in [2.05, 4.69) is 10.5 Å². The van der Waals surface area contributed by atoms with Gasteiger partial charge in [0.15, 0.2) is 0 Å². The van der Waals surface area contributed by atoms with E-state index < -0.39 is 22.5 Å². The maximum atomic E-state index is 13.5. The van der Waals surface area contributed by atoms with Crippen LogP contribution in [0.5, 0.6) is 5.75 Å². The summed E-state index contributed by atoms with van der Waals surface area (Å²) in [5.41, 5.74) is 5.33. The maximum Gasteiger partial charge on any atom is 0.264 e. The molecule has 0 unspecified atom stereocenters. The number of aryl methyl sites for hydroxylation is 1. The number of rotatable bonds is 9. The van der Waals surface area contributed by atoms with E-state index in [9.17, 15) is 13.2 Å². The van der Waals surface area contributed by atoms with Crippen LogP contribution in [0.1, 0.15) is 25.0 Å². The zero-order valence-corrected chi connectivity index (χ0v) is 19.7. The molecule has 8 heteroatoms. The molecule has 7 nitrogen and oxygen atoms in total. The SMILES string of the molecule is CCOc1ccccc1N(CC(=O)N/N=C(/C)c1ccc(C)cc1)S(=O)(=O)c1ccccc1. The molecule has 0 heterocycles. The minimum atomic E-state index is -4.04. The number of nitrogens with one attached hydrogen (secondary N) is 1. The van der Waals surface area contributed by atoms with Gasteiger partial charge in [0, 0.05) is 0 Å². The number of carbonyl (C=O) groups excluding carboxylic acids is 1. The molecule has 1 N–H and O–H groups in total. The van der Waals surface area contributed by atoms with Crippen molar-refractivity contribution in [3.8, 4) is 5.75 Å². The van der Waals surface area contributed by atoms with Gasteiger partial charge >= 0.3 is 0 Å². The molecule has 3 aromatic carbocycles. The lowest BCUT2D eigenvalue weighted by Crippen LogP contribution is -2.40. The maximum absolute atomic E-state index is 13.5. The minimum absolute atomic E-state index is 0.0726. The molecular weight excluding hydrogens is 438 g/mol. The first-order chi connectivity index (χ1) is 15.8. The third-order valence-electron chi connectivity index (χ3n) is 4.87. The second kappa shape index (κ2) is 10.8. The van der Waals surface area contributed by atoms with Crippen LogP contribution in [-0.2, 0) is 14.8 Å². The van der Waals surface area contributed by atoms with Crippen molar-refractivity contribution >= 4 is 27.3 Å². The third-order valence-corrected chi connectivity index (χ3v) is 6.64. The Labute approximate surface area is 194 Å².